The normalized spacial score (nSPS) is 21.9. The van der Waals surface area contributed by atoms with Gasteiger partial charge < -0.3 is 25.2 Å². The summed E-state index contributed by atoms with van der Waals surface area (Å²) in [6, 6.07) is 0. The van der Waals surface area contributed by atoms with Crippen molar-refractivity contribution >= 4 is 6.29 Å². The van der Waals surface area contributed by atoms with Crippen molar-refractivity contribution in [2.75, 3.05) is 0 Å². The molecule has 5 heteroatoms. The predicted molar refractivity (Wildman–Crippen MR) is 35.8 cm³/mol. The van der Waals surface area contributed by atoms with Crippen molar-refractivity contribution in [1.82, 2.24) is 0 Å². The van der Waals surface area contributed by atoms with E-state index in [9.17, 15) is 4.79 Å². The third-order valence-corrected chi connectivity index (χ3v) is 1.33. The van der Waals surface area contributed by atoms with Crippen molar-refractivity contribution in [3.63, 3.8) is 0 Å². The molecule has 1 unspecified atom stereocenters. The van der Waals surface area contributed by atoms with Gasteiger partial charge in [-0.2, -0.15) is 0 Å². The molecule has 0 saturated carbocycles. The van der Waals surface area contributed by atoms with Crippen molar-refractivity contribution in [2.24, 2.45) is 0 Å². The Morgan fingerprint density at radius 2 is 1.55 bits per heavy atom. The molecular formula is C6H12O5. The molecule has 0 amide bonds. The molecule has 0 aliphatic carbocycles. The first kappa shape index (κ1) is 10.5. The number of carbonyl (C=O) groups is 1. The number of aldehydes is 1. The second-order valence-corrected chi connectivity index (χ2v) is 2.35. The van der Waals surface area contributed by atoms with Crippen LogP contribution in [0.25, 0.3) is 0 Å². The van der Waals surface area contributed by atoms with E-state index >= 15 is 0 Å². The minimum Gasteiger partial charge on any atom is -0.391 e. The third kappa shape index (κ3) is 2.94. The van der Waals surface area contributed by atoms with Crippen LogP contribution in [0.5, 0.6) is 0 Å². The topological polar surface area (TPSA) is 98.0 Å². The van der Waals surface area contributed by atoms with Gasteiger partial charge in [0.05, 0.1) is 6.10 Å². The fraction of sp³-hybridized carbons (Fsp3) is 0.833. The second-order valence-electron chi connectivity index (χ2n) is 2.35. The first-order chi connectivity index (χ1) is 5.00. The Morgan fingerprint density at radius 1 is 1.09 bits per heavy atom. The molecule has 0 fully saturated rings. The molecule has 4 N–H and O–H groups in total. The lowest BCUT2D eigenvalue weighted by molar-refractivity contribution is -0.132. The molecule has 0 spiro atoms. The number of carbonyl (C=O) groups excluding carboxylic acids is 1. The van der Waals surface area contributed by atoms with E-state index < -0.39 is 24.4 Å². The highest BCUT2D eigenvalue weighted by molar-refractivity contribution is 5.56. The van der Waals surface area contributed by atoms with Gasteiger partial charge in [-0.3, -0.25) is 0 Å². The molecule has 4 atom stereocenters. The third-order valence-electron chi connectivity index (χ3n) is 1.33. The average Bonchev–Trinajstić information content (AvgIpc) is 2.00. The zero-order chi connectivity index (χ0) is 9.02. The van der Waals surface area contributed by atoms with Gasteiger partial charge in [0.2, 0.25) is 0 Å². The Labute approximate surface area is 63.9 Å². The Morgan fingerprint density at radius 3 is 1.82 bits per heavy atom. The molecule has 0 radical (unpaired) electrons. The lowest BCUT2D eigenvalue weighted by Crippen LogP contribution is -2.43. The summed E-state index contributed by atoms with van der Waals surface area (Å²) in [5, 5.41) is 35.1. The highest BCUT2D eigenvalue weighted by Crippen LogP contribution is 2.02. The fourth-order valence-electron chi connectivity index (χ4n) is 0.568. The van der Waals surface area contributed by atoms with E-state index in [1.807, 2.05) is 0 Å². The largest absolute Gasteiger partial charge is 0.391 e. The van der Waals surface area contributed by atoms with Crippen LogP contribution in [0.1, 0.15) is 6.92 Å². The Kier molecular flexibility index (Phi) is 4.20. The molecule has 0 aliphatic rings. The summed E-state index contributed by atoms with van der Waals surface area (Å²) in [7, 11) is 0. The van der Waals surface area contributed by atoms with E-state index in [1.54, 1.807) is 0 Å². The van der Waals surface area contributed by atoms with Crippen LogP contribution in [0.2, 0.25) is 0 Å². The predicted octanol–water partition coefficient (Wildman–Crippen LogP) is -2.35. The summed E-state index contributed by atoms with van der Waals surface area (Å²) in [5.74, 6) is 0. The molecule has 0 aromatic rings. The lowest BCUT2D eigenvalue weighted by Gasteiger charge is -2.21. The number of aliphatic hydroxyl groups excluding tert-OH is 4. The molecule has 0 heterocycles. The zero-order valence-corrected chi connectivity index (χ0v) is 6.08. The van der Waals surface area contributed by atoms with Gasteiger partial charge in [0.1, 0.15) is 18.3 Å². The number of hydrogen-bond acceptors (Lipinski definition) is 5. The van der Waals surface area contributed by atoms with Crippen LogP contribution in [-0.2, 0) is 4.79 Å². The maximum Gasteiger partial charge on any atom is 0.151 e. The van der Waals surface area contributed by atoms with Crippen molar-refractivity contribution < 1.29 is 25.2 Å². The van der Waals surface area contributed by atoms with Gasteiger partial charge >= 0.3 is 0 Å². The molecule has 11 heavy (non-hydrogen) atoms. The van der Waals surface area contributed by atoms with Gasteiger partial charge in [0.15, 0.2) is 6.29 Å². The van der Waals surface area contributed by atoms with Gasteiger partial charge in [-0.1, -0.05) is 0 Å². The van der Waals surface area contributed by atoms with Gasteiger partial charge in [-0.15, -0.1) is 0 Å². The fourth-order valence-corrected chi connectivity index (χ4v) is 0.568. The molecular weight excluding hydrogens is 152 g/mol. The summed E-state index contributed by atoms with van der Waals surface area (Å²) < 4.78 is 0. The van der Waals surface area contributed by atoms with Crippen LogP contribution < -0.4 is 0 Å². The number of hydrogen-bond donors (Lipinski definition) is 4. The van der Waals surface area contributed by atoms with E-state index in [1.165, 1.54) is 6.92 Å². The van der Waals surface area contributed by atoms with Crippen LogP contribution in [0.15, 0.2) is 0 Å². The average molecular weight is 164 g/mol. The van der Waals surface area contributed by atoms with E-state index in [0.29, 0.717) is 0 Å². The van der Waals surface area contributed by atoms with E-state index in [0.717, 1.165) is 0 Å². The quantitative estimate of drug-likeness (QED) is 0.349. The first-order valence-corrected chi connectivity index (χ1v) is 3.18. The molecule has 66 valence electrons. The highest BCUT2D eigenvalue weighted by Gasteiger charge is 2.27. The van der Waals surface area contributed by atoms with Gasteiger partial charge in [-0.05, 0) is 6.92 Å². The Balaban J connectivity index is 4.00. The molecule has 0 aliphatic heterocycles. The van der Waals surface area contributed by atoms with Crippen molar-refractivity contribution in [1.29, 1.82) is 0 Å². The first-order valence-electron chi connectivity index (χ1n) is 3.18. The molecule has 0 aromatic heterocycles. The van der Waals surface area contributed by atoms with E-state index in [2.05, 4.69) is 0 Å². The van der Waals surface area contributed by atoms with Gasteiger partial charge in [0.25, 0.3) is 0 Å². The monoisotopic (exact) mass is 164 g/mol. The maximum absolute atomic E-state index is 9.87. The molecule has 0 aromatic carbocycles. The smallest absolute Gasteiger partial charge is 0.151 e. The molecule has 0 bridgehead atoms. The summed E-state index contributed by atoms with van der Waals surface area (Å²) in [4.78, 5) is 9.87. The number of rotatable bonds is 4. The Hall–Kier alpha value is -0.490. The summed E-state index contributed by atoms with van der Waals surface area (Å²) >= 11 is 0. The SMILES string of the molecule is CC(O)[C@@H](O)[C@@H](O)[C@H](O)C=O. The minimum atomic E-state index is -1.65. The van der Waals surface area contributed by atoms with Crippen LogP contribution in [-0.4, -0.2) is 51.1 Å². The van der Waals surface area contributed by atoms with Gasteiger partial charge in [-0.25, -0.2) is 0 Å². The second kappa shape index (κ2) is 4.40. The molecule has 0 rings (SSSR count). The van der Waals surface area contributed by atoms with Gasteiger partial charge in [0, 0.05) is 0 Å². The van der Waals surface area contributed by atoms with Crippen molar-refractivity contribution in [3.8, 4) is 0 Å². The van der Waals surface area contributed by atoms with E-state index in [4.69, 9.17) is 20.4 Å². The molecule has 5 nitrogen and oxygen atoms in total. The zero-order valence-electron chi connectivity index (χ0n) is 6.08. The van der Waals surface area contributed by atoms with Crippen LogP contribution >= 0.6 is 0 Å². The lowest BCUT2D eigenvalue weighted by atomic mass is 10.1. The summed E-state index contributed by atoms with van der Waals surface area (Å²) in [6.45, 7) is 1.24. The number of aliphatic hydroxyl groups is 4. The van der Waals surface area contributed by atoms with Crippen LogP contribution in [0.3, 0.4) is 0 Å². The molecule has 0 saturated heterocycles. The van der Waals surface area contributed by atoms with Crippen LogP contribution in [0, 0.1) is 0 Å². The van der Waals surface area contributed by atoms with E-state index in [-0.39, 0.29) is 6.29 Å². The van der Waals surface area contributed by atoms with Crippen molar-refractivity contribution in [3.05, 3.63) is 0 Å². The Bertz CT molecular complexity index is 124. The van der Waals surface area contributed by atoms with Crippen molar-refractivity contribution in [2.45, 2.75) is 31.3 Å². The highest BCUT2D eigenvalue weighted by atomic mass is 16.4. The summed E-state index contributed by atoms with van der Waals surface area (Å²) in [6.07, 6.45) is -5.88. The summed E-state index contributed by atoms with van der Waals surface area (Å²) in [5.41, 5.74) is 0. The van der Waals surface area contributed by atoms with Crippen LogP contribution in [0.4, 0.5) is 0 Å². The standard InChI is InChI=1S/C6H12O5/c1-3(8)5(10)6(11)4(9)2-7/h2-6,8-11H,1H3/t3?,4-,5-,6+/m1/s1. The minimum absolute atomic E-state index is 0.0935. The maximum atomic E-state index is 9.87.